The number of nitrogen functional groups attached to an aromatic ring is 1. The van der Waals surface area contributed by atoms with Gasteiger partial charge in [-0.05, 0) is 48.2 Å². The molecule has 2 N–H and O–H groups in total. The molecule has 5 heteroatoms. The number of tetrazole rings is 1. The van der Waals surface area contributed by atoms with Crippen molar-refractivity contribution in [1.82, 2.24) is 20.2 Å². The largest absolute Gasteiger partial charge is 0.398 e. The van der Waals surface area contributed by atoms with Crippen molar-refractivity contribution in [3.8, 4) is 11.4 Å². The molecule has 2 aromatic rings. The van der Waals surface area contributed by atoms with Crippen molar-refractivity contribution in [2.24, 2.45) is 5.92 Å². The number of anilines is 1. The highest BCUT2D eigenvalue weighted by Crippen LogP contribution is 2.28. The highest BCUT2D eigenvalue weighted by molar-refractivity contribution is 5.73. The third-order valence-electron chi connectivity index (χ3n) is 3.88. The summed E-state index contributed by atoms with van der Waals surface area (Å²) in [5, 5.41) is 12.2. The lowest BCUT2D eigenvalue weighted by atomic mass is 10.0. The van der Waals surface area contributed by atoms with Crippen LogP contribution in [0.1, 0.15) is 51.6 Å². The molecule has 0 aliphatic rings. The van der Waals surface area contributed by atoms with Crippen LogP contribution in [0, 0.1) is 12.8 Å². The van der Waals surface area contributed by atoms with Crippen LogP contribution in [0.3, 0.4) is 0 Å². The molecule has 1 atom stereocenters. The molecule has 0 radical (unpaired) electrons. The van der Waals surface area contributed by atoms with E-state index in [1.165, 1.54) is 12.8 Å². The van der Waals surface area contributed by atoms with Crippen LogP contribution in [-0.2, 0) is 0 Å². The van der Waals surface area contributed by atoms with Gasteiger partial charge in [0.25, 0.3) is 0 Å². The van der Waals surface area contributed by atoms with E-state index in [-0.39, 0.29) is 6.04 Å². The summed E-state index contributed by atoms with van der Waals surface area (Å²) in [5.41, 5.74) is 8.89. The molecule has 0 amide bonds. The molecule has 0 aliphatic carbocycles. The van der Waals surface area contributed by atoms with Crippen LogP contribution in [0.15, 0.2) is 18.2 Å². The molecule has 0 bridgehead atoms. The highest BCUT2D eigenvalue weighted by atomic mass is 15.5. The molecule has 114 valence electrons. The second kappa shape index (κ2) is 6.70. The van der Waals surface area contributed by atoms with E-state index in [9.17, 15) is 0 Å². The van der Waals surface area contributed by atoms with E-state index in [0.29, 0.717) is 0 Å². The van der Waals surface area contributed by atoms with Gasteiger partial charge in [0, 0.05) is 11.3 Å². The Morgan fingerprint density at radius 3 is 2.67 bits per heavy atom. The summed E-state index contributed by atoms with van der Waals surface area (Å²) >= 11 is 0. The number of nitrogens with two attached hydrogens (primary N) is 1. The molecule has 0 saturated heterocycles. The summed E-state index contributed by atoms with van der Waals surface area (Å²) in [5.74, 6) is 1.49. The van der Waals surface area contributed by atoms with Crippen LogP contribution in [-0.4, -0.2) is 20.2 Å². The van der Waals surface area contributed by atoms with Gasteiger partial charge in [0.1, 0.15) is 0 Å². The fourth-order valence-corrected chi connectivity index (χ4v) is 2.49. The van der Waals surface area contributed by atoms with Gasteiger partial charge >= 0.3 is 0 Å². The van der Waals surface area contributed by atoms with Crippen molar-refractivity contribution in [2.45, 2.75) is 53.0 Å². The third kappa shape index (κ3) is 3.60. The van der Waals surface area contributed by atoms with E-state index >= 15 is 0 Å². The molecule has 21 heavy (non-hydrogen) atoms. The lowest BCUT2D eigenvalue weighted by Gasteiger charge is -2.15. The number of aryl methyl sites for hydroxylation is 1. The molecule has 0 saturated carbocycles. The van der Waals surface area contributed by atoms with Crippen molar-refractivity contribution >= 4 is 5.69 Å². The van der Waals surface area contributed by atoms with E-state index in [4.69, 9.17) is 5.73 Å². The van der Waals surface area contributed by atoms with Gasteiger partial charge in [0.05, 0.1) is 6.04 Å². The SMILES string of the molecule is Cc1cccc(-c2nnnn2C(C)CCCC(C)C)c1N. The van der Waals surface area contributed by atoms with Gasteiger partial charge in [-0.25, -0.2) is 4.68 Å². The number of para-hydroxylation sites is 1. The summed E-state index contributed by atoms with van der Waals surface area (Å²) in [6.07, 6.45) is 3.48. The molecule has 2 rings (SSSR count). The summed E-state index contributed by atoms with van der Waals surface area (Å²) < 4.78 is 1.89. The third-order valence-corrected chi connectivity index (χ3v) is 3.88. The molecule has 0 aliphatic heterocycles. The molecular formula is C16H25N5. The Kier molecular flexibility index (Phi) is 4.94. The number of hydrogen-bond donors (Lipinski definition) is 1. The van der Waals surface area contributed by atoms with Crippen LogP contribution in [0.25, 0.3) is 11.4 Å². The van der Waals surface area contributed by atoms with Gasteiger partial charge in [-0.2, -0.15) is 0 Å². The van der Waals surface area contributed by atoms with Crippen LogP contribution in [0.5, 0.6) is 0 Å². The first-order chi connectivity index (χ1) is 10.0. The van der Waals surface area contributed by atoms with Gasteiger partial charge in [0.2, 0.25) is 0 Å². The topological polar surface area (TPSA) is 69.6 Å². The molecule has 0 fully saturated rings. The monoisotopic (exact) mass is 287 g/mol. The average Bonchev–Trinajstić information content (AvgIpc) is 2.90. The van der Waals surface area contributed by atoms with Crippen molar-refractivity contribution in [2.75, 3.05) is 5.73 Å². The van der Waals surface area contributed by atoms with Gasteiger partial charge in [-0.15, -0.1) is 5.10 Å². The maximum absolute atomic E-state index is 6.17. The zero-order valence-electron chi connectivity index (χ0n) is 13.4. The standard InChI is InChI=1S/C16H25N5/c1-11(2)7-5-9-13(4)21-16(18-19-20-21)14-10-6-8-12(3)15(14)17/h6,8,10-11,13H,5,7,9,17H2,1-4H3. The lowest BCUT2D eigenvalue weighted by Crippen LogP contribution is -2.10. The maximum atomic E-state index is 6.17. The number of nitrogens with zero attached hydrogens (tertiary/aromatic N) is 4. The normalized spacial score (nSPS) is 12.8. The van der Waals surface area contributed by atoms with Crippen LogP contribution in [0.4, 0.5) is 5.69 Å². The van der Waals surface area contributed by atoms with Crippen molar-refractivity contribution in [1.29, 1.82) is 0 Å². The predicted octanol–water partition coefficient (Wildman–Crippen LogP) is 3.62. The Hall–Kier alpha value is -1.91. The minimum Gasteiger partial charge on any atom is -0.398 e. The van der Waals surface area contributed by atoms with E-state index < -0.39 is 0 Å². The van der Waals surface area contributed by atoms with E-state index in [1.807, 2.05) is 29.8 Å². The minimum absolute atomic E-state index is 0.272. The number of rotatable bonds is 6. The van der Waals surface area contributed by atoms with E-state index in [2.05, 4.69) is 36.3 Å². The number of hydrogen-bond acceptors (Lipinski definition) is 4. The average molecular weight is 287 g/mol. The van der Waals surface area contributed by atoms with E-state index in [0.717, 1.165) is 35.0 Å². The minimum atomic E-state index is 0.272. The highest BCUT2D eigenvalue weighted by Gasteiger charge is 2.17. The zero-order valence-corrected chi connectivity index (χ0v) is 13.4. The van der Waals surface area contributed by atoms with E-state index in [1.54, 1.807) is 0 Å². The number of aromatic nitrogens is 4. The Bertz CT molecular complexity index is 588. The molecular weight excluding hydrogens is 262 g/mol. The first-order valence-corrected chi connectivity index (χ1v) is 7.64. The second-order valence-corrected chi connectivity index (χ2v) is 6.16. The fourth-order valence-electron chi connectivity index (χ4n) is 2.49. The Morgan fingerprint density at radius 2 is 1.95 bits per heavy atom. The van der Waals surface area contributed by atoms with Crippen LogP contribution < -0.4 is 5.73 Å². The molecule has 1 aromatic carbocycles. The first kappa shape index (κ1) is 15.5. The smallest absolute Gasteiger partial charge is 0.184 e. The molecule has 5 nitrogen and oxygen atoms in total. The maximum Gasteiger partial charge on any atom is 0.184 e. The molecule has 1 unspecified atom stereocenters. The summed E-state index contributed by atoms with van der Waals surface area (Å²) in [7, 11) is 0. The van der Waals surface area contributed by atoms with Gasteiger partial charge in [0.15, 0.2) is 5.82 Å². The fraction of sp³-hybridized carbons (Fsp3) is 0.562. The van der Waals surface area contributed by atoms with Gasteiger partial charge in [-0.3, -0.25) is 0 Å². The Balaban J connectivity index is 2.20. The van der Waals surface area contributed by atoms with Gasteiger partial charge < -0.3 is 5.73 Å². The quantitative estimate of drug-likeness (QED) is 0.824. The zero-order chi connectivity index (χ0) is 15.4. The Labute approximate surface area is 126 Å². The van der Waals surface area contributed by atoms with Crippen molar-refractivity contribution < 1.29 is 0 Å². The molecule has 1 aromatic heterocycles. The lowest BCUT2D eigenvalue weighted by molar-refractivity contribution is 0.414. The summed E-state index contributed by atoms with van der Waals surface area (Å²) in [6, 6.07) is 6.24. The molecule has 1 heterocycles. The van der Waals surface area contributed by atoms with Gasteiger partial charge in [-0.1, -0.05) is 38.8 Å². The predicted molar refractivity (Wildman–Crippen MR) is 85.8 cm³/mol. The van der Waals surface area contributed by atoms with Crippen molar-refractivity contribution in [3.05, 3.63) is 23.8 Å². The summed E-state index contributed by atoms with van der Waals surface area (Å²) in [4.78, 5) is 0. The Morgan fingerprint density at radius 1 is 1.19 bits per heavy atom. The number of benzene rings is 1. The summed E-state index contributed by atoms with van der Waals surface area (Å²) in [6.45, 7) is 8.66. The van der Waals surface area contributed by atoms with Crippen LogP contribution in [0.2, 0.25) is 0 Å². The van der Waals surface area contributed by atoms with Crippen molar-refractivity contribution in [3.63, 3.8) is 0 Å². The first-order valence-electron chi connectivity index (χ1n) is 7.64. The second-order valence-electron chi connectivity index (χ2n) is 6.16. The van der Waals surface area contributed by atoms with Crippen LogP contribution >= 0.6 is 0 Å². The molecule has 0 spiro atoms.